The van der Waals surface area contributed by atoms with Crippen LogP contribution in [0.15, 0.2) is 46.7 Å². The van der Waals surface area contributed by atoms with Crippen LogP contribution in [0.25, 0.3) is 0 Å². The van der Waals surface area contributed by atoms with Crippen molar-refractivity contribution in [2.75, 3.05) is 43.4 Å². The van der Waals surface area contributed by atoms with Crippen LogP contribution in [0.4, 0.5) is 5.69 Å². The van der Waals surface area contributed by atoms with Crippen molar-refractivity contribution in [1.82, 2.24) is 9.80 Å². The van der Waals surface area contributed by atoms with Crippen molar-refractivity contribution >= 4 is 40.6 Å². The van der Waals surface area contributed by atoms with Crippen molar-refractivity contribution in [2.45, 2.75) is 24.3 Å². The molecule has 2 aliphatic rings. The Kier molecular flexibility index (Phi) is 6.34. The number of thiophene rings is 1. The van der Waals surface area contributed by atoms with Crippen molar-refractivity contribution in [2.24, 2.45) is 0 Å². The van der Waals surface area contributed by atoms with Gasteiger partial charge in [0.1, 0.15) is 0 Å². The number of hydrogen-bond acceptors (Lipinski definition) is 5. The van der Waals surface area contributed by atoms with Crippen molar-refractivity contribution in [3.8, 4) is 0 Å². The Morgan fingerprint density at radius 3 is 2.46 bits per heavy atom. The number of rotatable bonds is 5. The highest BCUT2D eigenvalue weighted by Gasteiger charge is 2.25. The van der Waals surface area contributed by atoms with Gasteiger partial charge in [0.2, 0.25) is 11.8 Å². The zero-order chi connectivity index (χ0) is 19.3. The smallest absolute Gasteiger partial charge is 0.227 e. The van der Waals surface area contributed by atoms with Crippen LogP contribution in [-0.2, 0) is 16.1 Å². The van der Waals surface area contributed by atoms with Gasteiger partial charge in [0, 0.05) is 67.6 Å². The molecule has 0 atom stereocenters. The molecule has 4 rings (SSSR count). The number of para-hydroxylation sites is 1. The van der Waals surface area contributed by atoms with E-state index >= 15 is 0 Å². The van der Waals surface area contributed by atoms with E-state index in [4.69, 9.17) is 0 Å². The fraction of sp³-hybridized carbons (Fsp3) is 0.429. The fourth-order valence-electron chi connectivity index (χ4n) is 3.71. The molecule has 0 radical (unpaired) electrons. The Labute approximate surface area is 174 Å². The van der Waals surface area contributed by atoms with Gasteiger partial charge in [0.15, 0.2) is 0 Å². The Morgan fingerprint density at radius 2 is 1.68 bits per heavy atom. The molecule has 0 bridgehead atoms. The first-order valence-electron chi connectivity index (χ1n) is 9.75. The first-order chi connectivity index (χ1) is 13.7. The quantitative estimate of drug-likeness (QED) is 0.752. The van der Waals surface area contributed by atoms with E-state index < -0.39 is 0 Å². The molecule has 28 heavy (non-hydrogen) atoms. The lowest BCUT2D eigenvalue weighted by atomic mass is 10.2. The molecule has 0 aliphatic carbocycles. The number of anilines is 1. The first kappa shape index (κ1) is 19.5. The van der Waals surface area contributed by atoms with Gasteiger partial charge in [-0.2, -0.15) is 0 Å². The highest BCUT2D eigenvalue weighted by Crippen LogP contribution is 2.34. The third-order valence-corrected chi connectivity index (χ3v) is 7.17. The van der Waals surface area contributed by atoms with Gasteiger partial charge in [-0.1, -0.05) is 18.2 Å². The molecule has 1 aromatic carbocycles. The van der Waals surface area contributed by atoms with E-state index in [1.165, 1.54) is 4.88 Å². The maximum absolute atomic E-state index is 12.7. The number of amides is 2. The molecule has 1 saturated heterocycles. The minimum atomic E-state index is 0.0532. The number of fused-ring (bicyclic) bond motifs is 1. The SMILES string of the molecule is O=C(CCC(=O)N1CCSc2ccccc21)N1CCN(Cc2cccs2)CC1. The molecule has 2 aliphatic heterocycles. The maximum Gasteiger partial charge on any atom is 0.227 e. The summed E-state index contributed by atoms with van der Waals surface area (Å²) < 4.78 is 0. The number of hydrogen-bond donors (Lipinski definition) is 0. The van der Waals surface area contributed by atoms with Gasteiger partial charge in [0.25, 0.3) is 0 Å². The number of piperazine rings is 1. The Balaban J connectivity index is 1.24. The maximum atomic E-state index is 12.7. The number of carbonyl (C=O) groups is 2. The van der Waals surface area contributed by atoms with Crippen molar-refractivity contribution in [3.63, 3.8) is 0 Å². The topological polar surface area (TPSA) is 43.9 Å². The van der Waals surface area contributed by atoms with Crippen molar-refractivity contribution < 1.29 is 9.59 Å². The summed E-state index contributed by atoms with van der Waals surface area (Å²) in [5.41, 5.74) is 0.985. The van der Waals surface area contributed by atoms with Crippen LogP contribution in [0.1, 0.15) is 17.7 Å². The fourth-order valence-corrected chi connectivity index (χ4v) is 5.45. The van der Waals surface area contributed by atoms with Crippen LogP contribution in [0.2, 0.25) is 0 Å². The van der Waals surface area contributed by atoms with Crippen molar-refractivity contribution in [1.29, 1.82) is 0 Å². The van der Waals surface area contributed by atoms with E-state index in [1.807, 2.05) is 28.0 Å². The van der Waals surface area contributed by atoms with E-state index in [0.29, 0.717) is 6.42 Å². The van der Waals surface area contributed by atoms with Gasteiger partial charge >= 0.3 is 0 Å². The Bertz CT molecular complexity index is 817. The van der Waals surface area contributed by atoms with Gasteiger partial charge in [-0.05, 0) is 23.6 Å². The molecule has 0 unspecified atom stereocenters. The molecule has 0 spiro atoms. The molecule has 1 fully saturated rings. The predicted octanol–water partition coefficient (Wildman–Crippen LogP) is 3.31. The highest BCUT2D eigenvalue weighted by atomic mass is 32.2. The van der Waals surface area contributed by atoms with Gasteiger partial charge < -0.3 is 9.80 Å². The molecule has 1 aromatic heterocycles. The predicted molar refractivity (Wildman–Crippen MR) is 115 cm³/mol. The zero-order valence-corrected chi connectivity index (χ0v) is 17.5. The number of thioether (sulfide) groups is 1. The Morgan fingerprint density at radius 1 is 0.893 bits per heavy atom. The molecule has 2 amide bonds. The van der Waals surface area contributed by atoms with Crippen LogP contribution in [0.5, 0.6) is 0 Å². The summed E-state index contributed by atoms with van der Waals surface area (Å²) in [7, 11) is 0. The first-order valence-corrected chi connectivity index (χ1v) is 11.6. The monoisotopic (exact) mass is 415 g/mol. The Hall–Kier alpha value is -1.83. The largest absolute Gasteiger partial charge is 0.340 e. The van der Waals surface area contributed by atoms with Gasteiger partial charge in [-0.3, -0.25) is 14.5 Å². The molecule has 3 heterocycles. The molecule has 148 valence electrons. The summed E-state index contributed by atoms with van der Waals surface area (Å²) in [4.78, 5) is 34.0. The van der Waals surface area contributed by atoms with E-state index in [9.17, 15) is 9.59 Å². The third-order valence-electron chi connectivity index (χ3n) is 5.27. The van der Waals surface area contributed by atoms with E-state index in [-0.39, 0.29) is 18.2 Å². The number of nitrogens with zero attached hydrogens (tertiary/aromatic N) is 3. The lowest BCUT2D eigenvalue weighted by Crippen LogP contribution is -2.48. The second-order valence-electron chi connectivity index (χ2n) is 7.10. The van der Waals surface area contributed by atoms with Crippen LogP contribution in [0, 0.1) is 0 Å². The molecule has 0 saturated carbocycles. The zero-order valence-electron chi connectivity index (χ0n) is 15.9. The van der Waals surface area contributed by atoms with Crippen LogP contribution in [0.3, 0.4) is 0 Å². The molecule has 0 N–H and O–H groups in total. The summed E-state index contributed by atoms with van der Waals surface area (Å²) in [6.45, 7) is 4.98. The highest BCUT2D eigenvalue weighted by molar-refractivity contribution is 7.99. The average Bonchev–Trinajstić information content (AvgIpc) is 3.25. The molecular formula is C21H25N3O2S2. The van der Waals surface area contributed by atoms with Crippen LogP contribution < -0.4 is 4.90 Å². The lowest BCUT2D eigenvalue weighted by molar-refractivity contribution is -0.134. The van der Waals surface area contributed by atoms with E-state index in [2.05, 4.69) is 28.5 Å². The summed E-state index contributed by atoms with van der Waals surface area (Å²) in [6, 6.07) is 12.3. The molecular weight excluding hydrogens is 390 g/mol. The van der Waals surface area contributed by atoms with Gasteiger partial charge in [-0.15, -0.1) is 23.1 Å². The van der Waals surface area contributed by atoms with E-state index in [0.717, 1.165) is 55.6 Å². The summed E-state index contributed by atoms with van der Waals surface area (Å²) >= 11 is 3.56. The van der Waals surface area contributed by atoms with Crippen LogP contribution >= 0.6 is 23.1 Å². The second kappa shape index (κ2) is 9.11. The molecule has 7 heteroatoms. The number of benzene rings is 1. The number of carbonyl (C=O) groups excluding carboxylic acids is 2. The van der Waals surface area contributed by atoms with E-state index in [1.54, 1.807) is 23.1 Å². The second-order valence-corrected chi connectivity index (χ2v) is 9.27. The summed E-state index contributed by atoms with van der Waals surface area (Å²) in [6.07, 6.45) is 0.586. The minimum Gasteiger partial charge on any atom is -0.340 e. The third kappa shape index (κ3) is 4.59. The van der Waals surface area contributed by atoms with Gasteiger partial charge in [0.05, 0.1) is 5.69 Å². The molecule has 2 aromatic rings. The average molecular weight is 416 g/mol. The lowest BCUT2D eigenvalue weighted by Gasteiger charge is -2.34. The van der Waals surface area contributed by atoms with Crippen molar-refractivity contribution in [3.05, 3.63) is 46.7 Å². The molecule has 5 nitrogen and oxygen atoms in total. The van der Waals surface area contributed by atoms with Gasteiger partial charge in [-0.25, -0.2) is 0 Å². The summed E-state index contributed by atoms with van der Waals surface area (Å²) in [5, 5.41) is 2.10. The summed E-state index contributed by atoms with van der Waals surface area (Å²) in [5.74, 6) is 1.06. The van der Waals surface area contributed by atoms with Crippen LogP contribution in [-0.4, -0.2) is 60.1 Å². The normalized spacial score (nSPS) is 17.4. The minimum absolute atomic E-state index is 0.0532. The standard InChI is InChI=1S/C21H25N3O2S2/c25-20(23-11-9-22(10-12-23)16-17-4-3-14-27-17)7-8-21(26)24-13-15-28-19-6-2-1-5-18(19)24/h1-6,14H,7-13,15-16H2.